The zero-order valence-electron chi connectivity index (χ0n) is 9.78. The third-order valence-electron chi connectivity index (χ3n) is 3.26. The van der Waals surface area contributed by atoms with Gasteiger partial charge in [0.05, 0.1) is 23.6 Å². The first-order valence-corrected chi connectivity index (χ1v) is 6.71. The van der Waals surface area contributed by atoms with Crippen molar-refractivity contribution in [3.8, 4) is 0 Å². The fourth-order valence-electron chi connectivity index (χ4n) is 2.30. The Morgan fingerprint density at radius 1 is 1.47 bits per heavy atom. The molecule has 102 valence electrons. The van der Waals surface area contributed by atoms with Crippen LogP contribution in [0.5, 0.6) is 0 Å². The molecule has 3 atom stereocenters. The van der Waals surface area contributed by atoms with Crippen LogP contribution in [0.2, 0.25) is 0 Å². The van der Waals surface area contributed by atoms with E-state index in [1.165, 1.54) is 15.9 Å². The number of rotatable bonds is 2. The Balaban J connectivity index is 2.14. The van der Waals surface area contributed by atoms with Gasteiger partial charge in [-0.25, -0.2) is 4.79 Å². The quantitative estimate of drug-likeness (QED) is 0.682. The molecule has 7 nitrogen and oxygen atoms in total. The summed E-state index contributed by atoms with van der Waals surface area (Å²) in [5.74, 6) is 0. The van der Waals surface area contributed by atoms with Crippen molar-refractivity contribution in [1.29, 1.82) is 0 Å². The lowest BCUT2D eigenvalue weighted by molar-refractivity contribution is -0.0443. The second-order valence-electron chi connectivity index (χ2n) is 4.41. The highest BCUT2D eigenvalue weighted by atomic mass is 32.1. The van der Waals surface area contributed by atoms with Gasteiger partial charge in [-0.2, -0.15) is 0 Å². The molecule has 0 saturated carbocycles. The molecule has 2 aromatic heterocycles. The van der Waals surface area contributed by atoms with E-state index in [9.17, 15) is 14.7 Å². The molecule has 0 bridgehead atoms. The molecule has 1 saturated heterocycles. The Bertz CT molecular complexity index is 718. The fraction of sp³-hybridized carbons (Fsp3) is 0.455. The average molecular weight is 284 g/mol. The topological polar surface area (TPSA) is 105 Å². The van der Waals surface area contributed by atoms with Crippen LogP contribution < -0.4 is 11.2 Å². The molecular formula is C11H12N2O5S. The van der Waals surface area contributed by atoms with E-state index in [0.717, 1.165) is 0 Å². The van der Waals surface area contributed by atoms with Crippen molar-refractivity contribution in [2.45, 2.75) is 24.9 Å². The zero-order valence-corrected chi connectivity index (χ0v) is 10.6. The molecule has 8 heteroatoms. The van der Waals surface area contributed by atoms with Crippen molar-refractivity contribution in [2.75, 3.05) is 6.61 Å². The van der Waals surface area contributed by atoms with Gasteiger partial charge in [-0.3, -0.25) is 14.3 Å². The van der Waals surface area contributed by atoms with E-state index in [1.807, 2.05) is 0 Å². The lowest BCUT2D eigenvalue weighted by Crippen LogP contribution is -2.32. The molecule has 19 heavy (non-hydrogen) atoms. The molecule has 0 aromatic carbocycles. The standard InChI is InChI=1S/C11H12N2O5S/c14-2-8-7(15)1-9(18-8)13-6-4-19-3-5(6)10(16)12-11(13)17/h3-4,7-9,14-15H,1-2H2,(H,12,16,17)/t7-,8+,9+/m0/s1. The number of thiophene rings is 1. The Hall–Kier alpha value is -1.48. The van der Waals surface area contributed by atoms with Crippen LogP contribution >= 0.6 is 11.3 Å². The first-order valence-electron chi connectivity index (χ1n) is 5.77. The minimum absolute atomic E-state index is 0.197. The maximum absolute atomic E-state index is 11.9. The van der Waals surface area contributed by atoms with Crippen LogP contribution in [0.15, 0.2) is 20.3 Å². The first kappa shape index (κ1) is 12.5. The van der Waals surface area contributed by atoms with Crippen molar-refractivity contribution in [1.82, 2.24) is 9.55 Å². The van der Waals surface area contributed by atoms with E-state index in [2.05, 4.69) is 4.98 Å². The molecular weight excluding hydrogens is 272 g/mol. The maximum Gasteiger partial charge on any atom is 0.330 e. The van der Waals surface area contributed by atoms with E-state index < -0.39 is 29.7 Å². The number of nitrogens with one attached hydrogen (secondary N) is 1. The lowest BCUT2D eigenvalue weighted by Gasteiger charge is -2.15. The largest absolute Gasteiger partial charge is 0.394 e. The number of nitrogens with zero attached hydrogens (tertiary/aromatic N) is 1. The summed E-state index contributed by atoms with van der Waals surface area (Å²) in [6.45, 7) is -0.317. The van der Waals surface area contributed by atoms with Crippen LogP contribution in [0.3, 0.4) is 0 Å². The summed E-state index contributed by atoms with van der Waals surface area (Å²) >= 11 is 1.31. The van der Waals surface area contributed by atoms with Gasteiger partial charge >= 0.3 is 5.69 Å². The highest BCUT2D eigenvalue weighted by molar-refractivity contribution is 7.09. The van der Waals surface area contributed by atoms with E-state index in [1.54, 1.807) is 10.8 Å². The van der Waals surface area contributed by atoms with Crippen LogP contribution in [-0.4, -0.2) is 38.6 Å². The number of aromatic amines is 1. The van der Waals surface area contributed by atoms with Gasteiger partial charge in [-0.1, -0.05) is 0 Å². The monoisotopic (exact) mass is 284 g/mol. The maximum atomic E-state index is 11.9. The molecule has 2 aromatic rings. The molecule has 1 aliphatic heterocycles. The van der Waals surface area contributed by atoms with Gasteiger partial charge in [-0.05, 0) is 0 Å². The third-order valence-corrected chi connectivity index (χ3v) is 3.99. The summed E-state index contributed by atoms with van der Waals surface area (Å²) in [5.41, 5.74) is -0.531. The van der Waals surface area contributed by atoms with Crippen LogP contribution in [0.25, 0.3) is 10.9 Å². The molecule has 0 radical (unpaired) electrons. The van der Waals surface area contributed by atoms with Gasteiger partial charge in [0.2, 0.25) is 0 Å². The van der Waals surface area contributed by atoms with Crippen LogP contribution in [-0.2, 0) is 4.74 Å². The van der Waals surface area contributed by atoms with E-state index in [0.29, 0.717) is 10.9 Å². The Morgan fingerprint density at radius 2 is 2.26 bits per heavy atom. The highest BCUT2D eigenvalue weighted by Crippen LogP contribution is 2.29. The Kier molecular flexibility index (Phi) is 3.02. The second-order valence-corrected chi connectivity index (χ2v) is 5.16. The summed E-state index contributed by atoms with van der Waals surface area (Å²) < 4.78 is 6.76. The molecule has 3 rings (SSSR count). The zero-order chi connectivity index (χ0) is 13.6. The number of fused-ring (bicyclic) bond motifs is 1. The smallest absolute Gasteiger partial charge is 0.330 e. The predicted molar refractivity (Wildman–Crippen MR) is 68.3 cm³/mol. The van der Waals surface area contributed by atoms with Gasteiger partial charge in [-0.15, -0.1) is 11.3 Å². The molecule has 3 N–H and O–H groups in total. The molecule has 0 aliphatic carbocycles. The van der Waals surface area contributed by atoms with Crippen molar-refractivity contribution in [3.63, 3.8) is 0 Å². The normalized spacial score (nSPS) is 27.2. The van der Waals surface area contributed by atoms with Gasteiger partial charge < -0.3 is 14.9 Å². The number of H-pyrrole nitrogens is 1. The molecule has 0 spiro atoms. The second kappa shape index (κ2) is 4.57. The number of aromatic nitrogens is 2. The number of aliphatic hydroxyl groups excluding tert-OH is 2. The highest BCUT2D eigenvalue weighted by Gasteiger charge is 2.35. The Labute approximate surface area is 110 Å². The Morgan fingerprint density at radius 3 is 2.95 bits per heavy atom. The van der Waals surface area contributed by atoms with Gasteiger partial charge in [0, 0.05) is 17.2 Å². The summed E-state index contributed by atoms with van der Waals surface area (Å²) in [6, 6.07) is 0. The molecule has 1 fully saturated rings. The molecule has 1 aliphatic rings. The van der Waals surface area contributed by atoms with Crippen LogP contribution in [0.4, 0.5) is 0 Å². The third kappa shape index (κ3) is 1.93. The van der Waals surface area contributed by atoms with Crippen molar-refractivity contribution in [3.05, 3.63) is 31.6 Å². The molecule has 3 heterocycles. The fourth-order valence-corrected chi connectivity index (χ4v) is 3.11. The number of hydrogen-bond donors (Lipinski definition) is 3. The SMILES string of the molecule is O=c1[nH]c(=O)n([C@H]2C[C@H](O)[C@@H](CO)O2)c2cscc12. The van der Waals surface area contributed by atoms with Gasteiger partial charge in [0.25, 0.3) is 5.56 Å². The summed E-state index contributed by atoms with van der Waals surface area (Å²) in [7, 11) is 0. The van der Waals surface area contributed by atoms with Gasteiger partial charge in [0.15, 0.2) is 0 Å². The summed E-state index contributed by atoms with van der Waals surface area (Å²) in [4.78, 5) is 25.8. The van der Waals surface area contributed by atoms with Crippen LogP contribution in [0, 0.1) is 0 Å². The van der Waals surface area contributed by atoms with Gasteiger partial charge in [0.1, 0.15) is 12.3 Å². The number of aliphatic hydroxyl groups is 2. The first-order chi connectivity index (χ1) is 9.11. The molecule has 0 amide bonds. The van der Waals surface area contributed by atoms with E-state index in [-0.39, 0.29) is 13.0 Å². The van der Waals surface area contributed by atoms with E-state index >= 15 is 0 Å². The minimum Gasteiger partial charge on any atom is -0.394 e. The van der Waals surface area contributed by atoms with Crippen molar-refractivity contribution >= 4 is 22.2 Å². The summed E-state index contributed by atoms with van der Waals surface area (Å²) in [6.07, 6.45) is -2.03. The predicted octanol–water partition coefficient (Wildman–Crippen LogP) is -0.608. The van der Waals surface area contributed by atoms with Crippen molar-refractivity contribution < 1.29 is 14.9 Å². The summed E-state index contributed by atoms with van der Waals surface area (Å²) in [5, 5.41) is 22.5. The van der Waals surface area contributed by atoms with E-state index in [4.69, 9.17) is 9.84 Å². The number of ether oxygens (including phenoxy) is 1. The van der Waals surface area contributed by atoms with Crippen LogP contribution in [0.1, 0.15) is 12.6 Å². The minimum atomic E-state index is -0.831. The van der Waals surface area contributed by atoms with Crippen molar-refractivity contribution in [2.24, 2.45) is 0 Å². The number of hydrogen-bond acceptors (Lipinski definition) is 6. The average Bonchev–Trinajstić information content (AvgIpc) is 2.96. The molecule has 0 unspecified atom stereocenters. The lowest BCUT2D eigenvalue weighted by atomic mass is 10.2.